The maximum absolute atomic E-state index is 14.0. The minimum Gasteiger partial charge on any atom is -0.496 e. The Morgan fingerprint density at radius 2 is 1.88 bits per heavy atom. The Balaban J connectivity index is 1.25. The van der Waals surface area contributed by atoms with Crippen LogP contribution in [0.1, 0.15) is 102 Å². The number of carbonyl (C=O) groups excluding carboxylic acids is 3. The lowest BCUT2D eigenvalue weighted by Gasteiger charge is -2.24. The number of rotatable bonds is 10. The second-order valence-electron chi connectivity index (χ2n) is 14.5. The smallest absolute Gasteiger partial charge is 0.259 e. The molecule has 2 saturated carbocycles. The van der Waals surface area contributed by atoms with E-state index in [0.717, 1.165) is 53.8 Å². The van der Waals surface area contributed by atoms with E-state index in [2.05, 4.69) is 29.2 Å². The van der Waals surface area contributed by atoms with Crippen molar-refractivity contribution in [3.63, 3.8) is 0 Å². The van der Waals surface area contributed by atoms with Gasteiger partial charge in [-0.3, -0.25) is 19.1 Å². The number of sulfonamides is 1. The molecule has 3 aromatic rings. The summed E-state index contributed by atoms with van der Waals surface area (Å²) >= 11 is 1.51. The lowest BCUT2D eigenvalue weighted by molar-refractivity contribution is -0.132. The normalized spacial score (nSPS) is 23.7. The number of carbonyl (C=O) groups is 3. The fraction of sp³-hybridized carbons (Fsp3) is 0.553. The van der Waals surface area contributed by atoms with Gasteiger partial charge >= 0.3 is 0 Å². The quantitative estimate of drug-likeness (QED) is 0.216. The minimum atomic E-state index is -3.90. The van der Waals surface area contributed by atoms with Crippen LogP contribution >= 0.6 is 11.3 Å². The van der Waals surface area contributed by atoms with Crippen LogP contribution in [0.2, 0.25) is 0 Å². The minimum absolute atomic E-state index is 0.0513. The van der Waals surface area contributed by atoms with Gasteiger partial charge in [-0.1, -0.05) is 45.3 Å². The van der Waals surface area contributed by atoms with Crippen LogP contribution in [-0.4, -0.2) is 66.7 Å². The van der Waals surface area contributed by atoms with Gasteiger partial charge in [0, 0.05) is 41.2 Å². The molecule has 3 heterocycles. The van der Waals surface area contributed by atoms with Gasteiger partial charge in [0.2, 0.25) is 21.8 Å². The summed E-state index contributed by atoms with van der Waals surface area (Å²) in [5, 5.41) is 8.66. The molecule has 1 aliphatic heterocycles. The van der Waals surface area contributed by atoms with Crippen molar-refractivity contribution in [2.24, 2.45) is 5.92 Å². The lowest BCUT2D eigenvalue weighted by atomic mass is 10.1. The number of fused-ring (bicyclic) bond motifs is 2. The van der Waals surface area contributed by atoms with Crippen LogP contribution in [-0.2, 0) is 24.4 Å². The van der Waals surface area contributed by atoms with Crippen molar-refractivity contribution in [2.45, 2.75) is 114 Å². The van der Waals surface area contributed by atoms with Gasteiger partial charge in [0.25, 0.3) is 5.91 Å². The molecule has 0 radical (unpaired) electrons. The molecule has 6 rings (SSSR count). The van der Waals surface area contributed by atoms with Gasteiger partial charge in [-0.25, -0.2) is 18.4 Å². The van der Waals surface area contributed by atoms with E-state index in [4.69, 9.17) is 19.4 Å². The van der Waals surface area contributed by atoms with Crippen LogP contribution in [0.4, 0.5) is 0 Å². The summed E-state index contributed by atoms with van der Waals surface area (Å²) in [5.41, 5.74) is 1.73. The van der Waals surface area contributed by atoms with Crippen LogP contribution < -0.4 is 24.8 Å². The average molecular weight is 752 g/mol. The van der Waals surface area contributed by atoms with E-state index in [-0.39, 0.29) is 43.6 Å². The van der Waals surface area contributed by atoms with Crippen LogP contribution in [0.25, 0.3) is 21.6 Å². The zero-order valence-corrected chi connectivity index (χ0v) is 32.0. The monoisotopic (exact) mass is 751 g/mol. The van der Waals surface area contributed by atoms with Gasteiger partial charge in [-0.05, 0) is 63.5 Å². The third-order valence-electron chi connectivity index (χ3n) is 10.4. The van der Waals surface area contributed by atoms with E-state index in [1.165, 1.54) is 11.3 Å². The number of ether oxygens (including phenoxy) is 2. The van der Waals surface area contributed by atoms with Crippen LogP contribution in [0, 0.1) is 12.8 Å². The standard InChI is InChI=1S/C38H49N5O7S2/c1-23(2)30-22-51-36(41-30)29-20-32(27-16-17-31(49-4)24(3)34(27)40-29)50-19-18-28-35(45)42-38(37(46)43-52(47,48)26-13-10-11-14-26)21-25(38)12-8-6-5-7-9-15-33(44)39-28/h8,12,16-17,20,22-23,25-26,28H,5-7,9-11,13-15,18-19,21H2,1-4H3,(H,39,44)(H,42,45)(H,43,46)/b12-8-/t25-,28+,38-/m1/s1. The second-order valence-corrected chi connectivity index (χ2v) is 17.3. The average Bonchev–Trinajstić information content (AvgIpc) is 3.47. The number of benzene rings is 1. The highest BCUT2D eigenvalue weighted by molar-refractivity contribution is 7.90. The van der Waals surface area contributed by atoms with Crippen LogP contribution in [0.5, 0.6) is 11.5 Å². The lowest BCUT2D eigenvalue weighted by Crippen LogP contribution is -2.57. The van der Waals surface area contributed by atoms with E-state index in [0.29, 0.717) is 42.0 Å². The van der Waals surface area contributed by atoms with E-state index in [1.54, 1.807) is 7.11 Å². The molecule has 12 nitrogen and oxygen atoms in total. The summed E-state index contributed by atoms with van der Waals surface area (Å²) < 4.78 is 40.5. The van der Waals surface area contributed by atoms with Gasteiger partial charge in [0.15, 0.2) is 0 Å². The number of hydrogen-bond acceptors (Lipinski definition) is 10. The zero-order valence-electron chi connectivity index (χ0n) is 30.3. The topological polar surface area (TPSA) is 166 Å². The SMILES string of the molecule is COc1ccc2c(OCC[C@@H]3NC(=O)CCCCC/C=C\[C@@H]4C[C@@]4(C(=O)NS(=O)(=O)C4CCCC4)NC3=O)cc(-c3nc(C(C)C)cs3)nc2c1C. The van der Waals surface area contributed by atoms with Crippen molar-refractivity contribution in [1.29, 1.82) is 0 Å². The predicted molar refractivity (Wildman–Crippen MR) is 201 cm³/mol. The number of allylic oxidation sites excluding steroid dienone is 1. The van der Waals surface area contributed by atoms with Crippen molar-refractivity contribution in [1.82, 2.24) is 25.3 Å². The fourth-order valence-electron chi connectivity index (χ4n) is 7.10. The molecule has 3 atom stereocenters. The van der Waals surface area contributed by atoms with Crippen molar-refractivity contribution in [3.8, 4) is 22.2 Å². The van der Waals surface area contributed by atoms with Gasteiger partial charge in [-0.2, -0.15) is 0 Å². The summed E-state index contributed by atoms with van der Waals surface area (Å²) in [6, 6.07) is 4.55. The Hall–Kier alpha value is -4.04. The molecule has 0 bridgehead atoms. The number of aromatic nitrogens is 2. The van der Waals surface area contributed by atoms with E-state index in [9.17, 15) is 22.8 Å². The molecular formula is C38H49N5O7S2. The first-order valence-corrected chi connectivity index (χ1v) is 20.8. The number of methoxy groups -OCH3 is 1. The van der Waals surface area contributed by atoms with E-state index >= 15 is 0 Å². The Kier molecular flexibility index (Phi) is 11.5. The molecule has 0 saturated heterocycles. The van der Waals surface area contributed by atoms with Gasteiger partial charge in [0.05, 0.1) is 30.2 Å². The van der Waals surface area contributed by atoms with E-state index in [1.807, 2.05) is 42.7 Å². The molecular weight excluding hydrogens is 703 g/mol. The summed E-state index contributed by atoms with van der Waals surface area (Å²) in [5.74, 6) is -0.455. The van der Waals surface area contributed by atoms with Gasteiger partial charge in [0.1, 0.15) is 33.8 Å². The first-order valence-electron chi connectivity index (χ1n) is 18.3. The Labute approximate surface area is 309 Å². The third kappa shape index (κ3) is 8.27. The predicted octanol–water partition coefficient (Wildman–Crippen LogP) is 5.84. The maximum atomic E-state index is 14.0. The first-order chi connectivity index (χ1) is 24.9. The van der Waals surface area contributed by atoms with Crippen molar-refractivity contribution < 1.29 is 32.3 Å². The molecule has 2 aromatic heterocycles. The molecule has 2 fully saturated rings. The largest absolute Gasteiger partial charge is 0.496 e. The third-order valence-corrected chi connectivity index (χ3v) is 13.1. The molecule has 3 aliphatic rings. The Bertz CT molecular complexity index is 1950. The molecule has 52 heavy (non-hydrogen) atoms. The molecule has 1 aromatic carbocycles. The molecule has 3 amide bonds. The highest BCUT2D eigenvalue weighted by atomic mass is 32.2. The number of thiazole rings is 1. The Morgan fingerprint density at radius 3 is 2.62 bits per heavy atom. The van der Waals surface area contributed by atoms with Gasteiger partial charge < -0.3 is 20.1 Å². The van der Waals surface area contributed by atoms with Crippen LogP contribution in [0.15, 0.2) is 35.7 Å². The first kappa shape index (κ1) is 37.7. The molecule has 280 valence electrons. The molecule has 3 N–H and O–H groups in total. The zero-order chi connectivity index (χ0) is 37.0. The molecule has 0 spiro atoms. The highest BCUT2D eigenvalue weighted by Gasteiger charge is 2.61. The number of pyridine rings is 1. The number of nitrogens with one attached hydrogen (secondary N) is 3. The summed E-state index contributed by atoms with van der Waals surface area (Å²) in [4.78, 5) is 50.5. The summed E-state index contributed by atoms with van der Waals surface area (Å²) in [6.07, 6.45) is 10.3. The van der Waals surface area contributed by atoms with Crippen molar-refractivity contribution in [3.05, 3.63) is 47.0 Å². The highest BCUT2D eigenvalue weighted by Crippen LogP contribution is 2.46. The van der Waals surface area contributed by atoms with Crippen molar-refractivity contribution in [2.75, 3.05) is 13.7 Å². The Morgan fingerprint density at radius 1 is 1.10 bits per heavy atom. The van der Waals surface area contributed by atoms with Crippen LogP contribution in [0.3, 0.4) is 0 Å². The van der Waals surface area contributed by atoms with E-state index < -0.39 is 38.7 Å². The second kappa shape index (κ2) is 15.9. The van der Waals surface area contributed by atoms with Gasteiger partial charge in [-0.15, -0.1) is 11.3 Å². The summed E-state index contributed by atoms with van der Waals surface area (Å²) in [6.45, 7) is 6.16. The number of amides is 3. The fourth-order valence-corrected chi connectivity index (χ4v) is 9.60. The maximum Gasteiger partial charge on any atom is 0.259 e. The number of nitrogens with zero attached hydrogens (tertiary/aromatic N) is 2. The molecule has 14 heteroatoms. The number of aryl methyl sites for hydroxylation is 1. The summed E-state index contributed by atoms with van der Waals surface area (Å²) in [7, 11) is -2.29. The molecule has 0 unspecified atom stereocenters. The molecule has 2 aliphatic carbocycles. The van der Waals surface area contributed by atoms with Crippen molar-refractivity contribution >= 4 is 50.0 Å². The number of hydrogen-bond donors (Lipinski definition) is 3.